The Bertz CT molecular complexity index is 652. The molecule has 0 atom stereocenters. The number of amides is 1. The lowest BCUT2D eigenvalue weighted by Gasteiger charge is -2.10. The molecule has 0 aliphatic heterocycles. The van der Waals surface area contributed by atoms with Crippen LogP contribution in [0.2, 0.25) is 0 Å². The lowest BCUT2D eigenvalue weighted by molar-refractivity contribution is 0.0946. The van der Waals surface area contributed by atoms with E-state index in [0.717, 1.165) is 24.9 Å². The van der Waals surface area contributed by atoms with E-state index in [4.69, 9.17) is 0 Å². The number of benzene rings is 1. The number of para-hydroxylation sites is 1. The molecule has 5 heteroatoms. The van der Waals surface area contributed by atoms with Gasteiger partial charge < -0.3 is 10.6 Å². The van der Waals surface area contributed by atoms with Crippen LogP contribution in [-0.4, -0.2) is 21.9 Å². The van der Waals surface area contributed by atoms with E-state index < -0.39 is 0 Å². The van der Waals surface area contributed by atoms with Gasteiger partial charge in [-0.25, -0.2) is 9.97 Å². The topological polar surface area (TPSA) is 66.9 Å². The van der Waals surface area contributed by atoms with E-state index in [2.05, 4.69) is 33.6 Å². The fourth-order valence-electron chi connectivity index (χ4n) is 2.13. The summed E-state index contributed by atoms with van der Waals surface area (Å²) in [6.07, 6.45) is 4.47. The van der Waals surface area contributed by atoms with Crippen molar-refractivity contribution in [3.63, 3.8) is 0 Å². The van der Waals surface area contributed by atoms with Crippen LogP contribution in [0.5, 0.6) is 0 Å². The van der Waals surface area contributed by atoms with Crippen molar-refractivity contribution in [3.05, 3.63) is 47.9 Å². The average molecular weight is 282 g/mol. The molecule has 1 fully saturated rings. The number of anilines is 2. The zero-order valence-electron chi connectivity index (χ0n) is 12.0. The Labute approximate surface area is 123 Å². The Morgan fingerprint density at radius 1 is 1.29 bits per heavy atom. The summed E-state index contributed by atoms with van der Waals surface area (Å²) in [5.74, 6) is 0.499. The van der Waals surface area contributed by atoms with Crippen molar-refractivity contribution >= 4 is 17.4 Å². The summed E-state index contributed by atoms with van der Waals surface area (Å²) in [6.45, 7) is 2.11. The van der Waals surface area contributed by atoms with Crippen molar-refractivity contribution in [2.45, 2.75) is 32.2 Å². The second-order valence-corrected chi connectivity index (χ2v) is 5.17. The van der Waals surface area contributed by atoms with Crippen molar-refractivity contribution in [1.29, 1.82) is 0 Å². The summed E-state index contributed by atoms with van der Waals surface area (Å²) in [4.78, 5) is 20.2. The predicted molar refractivity (Wildman–Crippen MR) is 81.6 cm³/mol. The van der Waals surface area contributed by atoms with Crippen LogP contribution in [0.1, 0.15) is 35.8 Å². The molecular formula is C16H18N4O. The molecule has 0 unspecified atom stereocenters. The van der Waals surface area contributed by atoms with Crippen LogP contribution in [0.4, 0.5) is 11.5 Å². The summed E-state index contributed by atoms with van der Waals surface area (Å²) in [5.41, 5.74) is 2.61. The standard InChI is InChI=1S/C16H18N4O/c1-2-11-5-3-4-6-13(11)20-15-9-14(17-10-18-15)16(21)19-12-7-8-12/h3-6,9-10,12H,2,7-8H2,1H3,(H,19,21)(H,17,18,20). The predicted octanol–water partition coefficient (Wildman–Crippen LogP) is 2.67. The molecule has 1 aromatic carbocycles. The second-order valence-electron chi connectivity index (χ2n) is 5.17. The zero-order chi connectivity index (χ0) is 14.7. The molecule has 0 radical (unpaired) electrons. The molecule has 108 valence electrons. The number of nitrogens with one attached hydrogen (secondary N) is 2. The van der Waals surface area contributed by atoms with Crippen LogP contribution in [0.15, 0.2) is 36.7 Å². The molecule has 0 saturated heterocycles. The molecule has 1 saturated carbocycles. The summed E-state index contributed by atoms with van der Waals surface area (Å²) in [7, 11) is 0. The normalized spacial score (nSPS) is 13.8. The Kier molecular flexibility index (Phi) is 3.81. The van der Waals surface area contributed by atoms with Crippen molar-refractivity contribution in [1.82, 2.24) is 15.3 Å². The lowest BCUT2D eigenvalue weighted by Crippen LogP contribution is -2.26. The first-order valence-electron chi connectivity index (χ1n) is 7.24. The van der Waals surface area contributed by atoms with Gasteiger partial charge in [0.25, 0.3) is 5.91 Å². The monoisotopic (exact) mass is 282 g/mol. The summed E-state index contributed by atoms with van der Waals surface area (Å²) < 4.78 is 0. The van der Waals surface area contributed by atoms with Gasteiger partial charge in [-0.05, 0) is 30.9 Å². The number of carbonyl (C=O) groups is 1. The highest BCUT2D eigenvalue weighted by atomic mass is 16.2. The third kappa shape index (κ3) is 3.37. The van der Waals surface area contributed by atoms with Gasteiger partial charge >= 0.3 is 0 Å². The molecule has 1 aromatic heterocycles. The molecule has 3 rings (SSSR count). The van der Waals surface area contributed by atoms with Crippen LogP contribution >= 0.6 is 0 Å². The fourth-order valence-corrected chi connectivity index (χ4v) is 2.13. The Balaban J connectivity index is 1.77. The van der Waals surface area contributed by atoms with Crippen LogP contribution in [0.3, 0.4) is 0 Å². The van der Waals surface area contributed by atoms with Gasteiger partial charge in [0.2, 0.25) is 0 Å². The summed E-state index contributed by atoms with van der Waals surface area (Å²) in [6, 6.07) is 10.1. The number of hydrogen-bond donors (Lipinski definition) is 2. The number of hydrogen-bond acceptors (Lipinski definition) is 4. The van der Waals surface area contributed by atoms with Crippen molar-refractivity contribution < 1.29 is 4.79 Å². The van der Waals surface area contributed by atoms with Gasteiger partial charge in [-0.15, -0.1) is 0 Å². The molecule has 2 aromatic rings. The van der Waals surface area contributed by atoms with Gasteiger partial charge in [-0.1, -0.05) is 25.1 Å². The van der Waals surface area contributed by atoms with Gasteiger partial charge in [0.1, 0.15) is 17.8 Å². The van der Waals surface area contributed by atoms with E-state index in [1.54, 1.807) is 6.07 Å². The van der Waals surface area contributed by atoms with E-state index in [9.17, 15) is 4.79 Å². The second kappa shape index (κ2) is 5.91. The zero-order valence-corrected chi connectivity index (χ0v) is 12.0. The molecule has 0 spiro atoms. The van der Waals surface area contributed by atoms with Gasteiger partial charge in [0.05, 0.1) is 0 Å². The van der Waals surface area contributed by atoms with E-state index >= 15 is 0 Å². The molecule has 21 heavy (non-hydrogen) atoms. The number of rotatable bonds is 5. The largest absolute Gasteiger partial charge is 0.348 e. The molecule has 1 heterocycles. The first-order valence-corrected chi connectivity index (χ1v) is 7.24. The Morgan fingerprint density at radius 2 is 2.10 bits per heavy atom. The first-order chi connectivity index (χ1) is 10.3. The van der Waals surface area contributed by atoms with Crippen LogP contribution in [0, 0.1) is 0 Å². The van der Waals surface area contributed by atoms with E-state index in [1.165, 1.54) is 11.9 Å². The highest BCUT2D eigenvalue weighted by Gasteiger charge is 2.24. The van der Waals surface area contributed by atoms with Gasteiger partial charge in [0.15, 0.2) is 0 Å². The molecule has 1 amide bonds. The first kappa shape index (κ1) is 13.5. The molecule has 1 aliphatic carbocycles. The van der Waals surface area contributed by atoms with E-state index in [1.807, 2.05) is 18.2 Å². The van der Waals surface area contributed by atoms with Crippen molar-refractivity contribution in [3.8, 4) is 0 Å². The number of aryl methyl sites for hydroxylation is 1. The minimum atomic E-state index is -0.133. The van der Waals surface area contributed by atoms with Crippen LogP contribution in [-0.2, 0) is 6.42 Å². The summed E-state index contributed by atoms with van der Waals surface area (Å²) >= 11 is 0. The third-order valence-corrected chi connectivity index (χ3v) is 3.47. The maximum Gasteiger partial charge on any atom is 0.270 e. The maximum atomic E-state index is 12.0. The van der Waals surface area contributed by atoms with Gasteiger partial charge in [-0.3, -0.25) is 4.79 Å². The smallest absolute Gasteiger partial charge is 0.270 e. The van der Waals surface area contributed by atoms with Crippen molar-refractivity contribution in [2.24, 2.45) is 0 Å². The van der Waals surface area contributed by atoms with Crippen LogP contribution in [0.25, 0.3) is 0 Å². The van der Waals surface area contributed by atoms with Gasteiger partial charge in [-0.2, -0.15) is 0 Å². The third-order valence-electron chi connectivity index (χ3n) is 3.47. The number of carbonyl (C=O) groups excluding carboxylic acids is 1. The van der Waals surface area contributed by atoms with E-state index in [0.29, 0.717) is 17.6 Å². The van der Waals surface area contributed by atoms with Gasteiger partial charge in [0, 0.05) is 17.8 Å². The molecule has 1 aliphatic rings. The number of aromatic nitrogens is 2. The molecule has 0 bridgehead atoms. The molecule has 2 N–H and O–H groups in total. The molecular weight excluding hydrogens is 264 g/mol. The molecule has 5 nitrogen and oxygen atoms in total. The number of nitrogens with zero attached hydrogens (tertiary/aromatic N) is 2. The Hall–Kier alpha value is -2.43. The summed E-state index contributed by atoms with van der Waals surface area (Å²) in [5, 5.41) is 6.18. The SMILES string of the molecule is CCc1ccccc1Nc1cc(C(=O)NC2CC2)ncn1. The Morgan fingerprint density at radius 3 is 2.86 bits per heavy atom. The maximum absolute atomic E-state index is 12.0. The highest BCUT2D eigenvalue weighted by molar-refractivity contribution is 5.93. The van der Waals surface area contributed by atoms with Crippen LogP contribution < -0.4 is 10.6 Å². The average Bonchev–Trinajstić information content (AvgIpc) is 3.32. The lowest BCUT2D eigenvalue weighted by atomic mass is 10.1. The minimum absolute atomic E-state index is 0.133. The quantitative estimate of drug-likeness (QED) is 0.884. The highest BCUT2D eigenvalue weighted by Crippen LogP contribution is 2.21. The van der Waals surface area contributed by atoms with Crippen molar-refractivity contribution in [2.75, 3.05) is 5.32 Å². The minimum Gasteiger partial charge on any atom is -0.348 e. The van der Waals surface area contributed by atoms with E-state index in [-0.39, 0.29) is 5.91 Å². The fraction of sp³-hybridized carbons (Fsp3) is 0.312.